The number of rotatable bonds is 7. The summed E-state index contributed by atoms with van der Waals surface area (Å²) in [7, 11) is 0. The maximum Gasteiger partial charge on any atom is 0.165 e. The molecule has 0 aromatic carbocycles. The SMILES string of the molecule is CCC(CC)Cn1nnnc1CNC1CC1. The smallest absolute Gasteiger partial charge is 0.165 e. The molecule has 16 heavy (non-hydrogen) atoms. The lowest BCUT2D eigenvalue weighted by atomic mass is 10.0. The van der Waals surface area contributed by atoms with E-state index in [1.807, 2.05) is 4.68 Å². The molecule has 1 N–H and O–H groups in total. The van der Waals surface area contributed by atoms with Crippen LogP contribution in [-0.2, 0) is 13.1 Å². The molecule has 5 nitrogen and oxygen atoms in total. The fourth-order valence-corrected chi connectivity index (χ4v) is 1.81. The van der Waals surface area contributed by atoms with Crippen LogP contribution < -0.4 is 5.32 Å². The first-order valence-corrected chi connectivity index (χ1v) is 6.31. The van der Waals surface area contributed by atoms with Crippen molar-refractivity contribution in [3.63, 3.8) is 0 Å². The van der Waals surface area contributed by atoms with Crippen LogP contribution in [0.25, 0.3) is 0 Å². The molecule has 0 atom stereocenters. The molecule has 1 heterocycles. The zero-order chi connectivity index (χ0) is 11.4. The van der Waals surface area contributed by atoms with Gasteiger partial charge in [0.1, 0.15) is 0 Å². The van der Waals surface area contributed by atoms with Gasteiger partial charge in [0, 0.05) is 12.6 Å². The molecule has 0 radical (unpaired) electrons. The summed E-state index contributed by atoms with van der Waals surface area (Å²) >= 11 is 0. The molecule has 1 aromatic rings. The van der Waals surface area contributed by atoms with Gasteiger partial charge in [-0.25, -0.2) is 4.68 Å². The average Bonchev–Trinajstić information content (AvgIpc) is 3.03. The number of tetrazole rings is 1. The Morgan fingerprint density at radius 1 is 1.38 bits per heavy atom. The Bertz CT molecular complexity index is 314. The molecule has 2 rings (SSSR count). The molecule has 0 saturated heterocycles. The molecule has 1 aliphatic rings. The summed E-state index contributed by atoms with van der Waals surface area (Å²) in [6.07, 6.45) is 4.97. The summed E-state index contributed by atoms with van der Waals surface area (Å²) in [5.74, 6) is 1.65. The van der Waals surface area contributed by atoms with Crippen molar-refractivity contribution in [3.05, 3.63) is 5.82 Å². The predicted octanol–water partition coefficient (Wildman–Crippen LogP) is 1.36. The molecule has 1 saturated carbocycles. The quantitative estimate of drug-likeness (QED) is 0.758. The van der Waals surface area contributed by atoms with Gasteiger partial charge in [0.2, 0.25) is 0 Å². The van der Waals surface area contributed by atoms with Crippen molar-refractivity contribution in [1.82, 2.24) is 25.5 Å². The van der Waals surface area contributed by atoms with Gasteiger partial charge in [-0.15, -0.1) is 5.10 Å². The molecule has 1 aromatic heterocycles. The highest BCUT2D eigenvalue weighted by Crippen LogP contribution is 2.19. The van der Waals surface area contributed by atoms with Crippen molar-refractivity contribution >= 4 is 0 Å². The summed E-state index contributed by atoms with van der Waals surface area (Å²) in [6.45, 7) is 6.20. The molecule has 1 aliphatic carbocycles. The van der Waals surface area contributed by atoms with E-state index in [2.05, 4.69) is 34.7 Å². The fourth-order valence-electron chi connectivity index (χ4n) is 1.81. The van der Waals surface area contributed by atoms with E-state index >= 15 is 0 Å². The zero-order valence-electron chi connectivity index (χ0n) is 10.2. The first-order valence-electron chi connectivity index (χ1n) is 6.31. The molecular formula is C11H21N5. The van der Waals surface area contributed by atoms with Crippen LogP contribution in [0, 0.1) is 5.92 Å². The highest BCUT2D eigenvalue weighted by Gasteiger charge is 2.21. The van der Waals surface area contributed by atoms with E-state index < -0.39 is 0 Å². The summed E-state index contributed by atoms with van der Waals surface area (Å²) in [5, 5.41) is 15.4. The van der Waals surface area contributed by atoms with Crippen LogP contribution in [0.5, 0.6) is 0 Å². The Balaban J connectivity index is 1.89. The minimum atomic E-state index is 0.683. The van der Waals surface area contributed by atoms with Crippen molar-refractivity contribution in [3.8, 4) is 0 Å². The molecule has 0 aliphatic heterocycles. The second-order valence-corrected chi connectivity index (χ2v) is 4.61. The third kappa shape index (κ3) is 3.01. The maximum absolute atomic E-state index is 4.08. The molecule has 1 fully saturated rings. The van der Waals surface area contributed by atoms with Gasteiger partial charge in [-0.2, -0.15) is 0 Å². The van der Waals surface area contributed by atoms with Crippen molar-refractivity contribution in [2.45, 2.75) is 58.7 Å². The Hall–Kier alpha value is -0.970. The monoisotopic (exact) mass is 223 g/mol. The highest BCUT2D eigenvalue weighted by molar-refractivity contribution is 4.87. The topological polar surface area (TPSA) is 55.6 Å². The van der Waals surface area contributed by atoms with Gasteiger partial charge in [-0.1, -0.05) is 26.7 Å². The van der Waals surface area contributed by atoms with Crippen molar-refractivity contribution in [2.24, 2.45) is 5.92 Å². The number of nitrogens with zero attached hydrogens (tertiary/aromatic N) is 4. The minimum Gasteiger partial charge on any atom is -0.307 e. The molecule has 0 bridgehead atoms. The lowest BCUT2D eigenvalue weighted by Gasteiger charge is -2.12. The van der Waals surface area contributed by atoms with Gasteiger partial charge < -0.3 is 5.32 Å². The lowest BCUT2D eigenvalue weighted by molar-refractivity contribution is 0.379. The van der Waals surface area contributed by atoms with E-state index in [9.17, 15) is 0 Å². The van der Waals surface area contributed by atoms with Gasteiger partial charge in [-0.3, -0.25) is 0 Å². The Kier molecular flexibility index (Phi) is 3.88. The van der Waals surface area contributed by atoms with Crippen molar-refractivity contribution in [2.75, 3.05) is 0 Å². The van der Waals surface area contributed by atoms with Crippen LogP contribution in [-0.4, -0.2) is 26.2 Å². The Morgan fingerprint density at radius 3 is 2.75 bits per heavy atom. The second-order valence-electron chi connectivity index (χ2n) is 4.61. The molecule has 0 amide bonds. The molecular weight excluding hydrogens is 202 g/mol. The third-order valence-corrected chi connectivity index (χ3v) is 3.32. The summed E-state index contributed by atoms with van der Waals surface area (Å²) < 4.78 is 1.95. The molecule has 90 valence electrons. The number of nitrogens with one attached hydrogen (secondary N) is 1. The normalized spacial score (nSPS) is 15.9. The Labute approximate surface area is 96.6 Å². The van der Waals surface area contributed by atoms with Gasteiger partial charge in [0.25, 0.3) is 0 Å². The van der Waals surface area contributed by atoms with Crippen molar-refractivity contribution in [1.29, 1.82) is 0 Å². The number of aromatic nitrogens is 4. The highest BCUT2D eigenvalue weighted by atomic mass is 15.5. The van der Waals surface area contributed by atoms with E-state index in [1.165, 1.54) is 25.7 Å². The maximum atomic E-state index is 4.08. The first kappa shape index (κ1) is 11.5. The molecule has 0 spiro atoms. The van der Waals surface area contributed by atoms with Crippen LogP contribution in [0.3, 0.4) is 0 Å². The Morgan fingerprint density at radius 2 is 2.12 bits per heavy atom. The van der Waals surface area contributed by atoms with Gasteiger partial charge in [-0.05, 0) is 29.2 Å². The number of hydrogen-bond acceptors (Lipinski definition) is 4. The molecule has 0 unspecified atom stereocenters. The fraction of sp³-hybridized carbons (Fsp3) is 0.909. The summed E-state index contributed by atoms with van der Waals surface area (Å²) in [4.78, 5) is 0. The van der Waals surface area contributed by atoms with E-state index in [4.69, 9.17) is 0 Å². The van der Waals surface area contributed by atoms with Crippen LogP contribution in [0.2, 0.25) is 0 Å². The zero-order valence-corrected chi connectivity index (χ0v) is 10.2. The van der Waals surface area contributed by atoms with Gasteiger partial charge in [0.05, 0.1) is 6.54 Å². The lowest BCUT2D eigenvalue weighted by Crippen LogP contribution is -2.21. The van der Waals surface area contributed by atoms with Crippen LogP contribution in [0.1, 0.15) is 45.4 Å². The first-order chi connectivity index (χ1) is 7.83. The predicted molar refractivity (Wildman–Crippen MR) is 61.8 cm³/mol. The standard InChI is InChI=1S/C11H21N5/c1-3-9(4-2)8-16-11(13-14-15-16)7-12-10-5-6-10/h9-10,12H,3-8H2,1-2H3. The largest absolute Gasteiger partial charge is 0.307 e. The summed E-state index contributed by atoms with van der Waals surface area (Å²) in [6, 6.07) is 0.707. The van der Waals surface area contributed by atoms with Crippen LogP contribution >= 0.6 is 0 Å². The minimum absolute atomic E-state index is 0.683. The van der Waals surface area contributed by atoms with Crippen LogP contribution in [0.15, 0.2) is 0 Å². The van der Waals surface area contributed by atoms with Crippen LogP contribution in [0.4, 0.5) is 0 Å². The van der Waals surface area contributed by atoms with E-state index in [1.54, 1.807) is 0 Å². The number of hydrogen-bond donors (Lipinski definition) is 1. The van der Waals surface area contributed by atoms with E-state index in [0.29, 0.717) is 12.0 Å². The van der Waals surface area contributed by atoms with E-state index in [-0.39, 0.29) is 0 Å². The second kappa shape index (κ2) is 5.39. The summed E-state index contributed by atoms with van der Waals surface area (Å²) in [5.41, 5.74) is 0. The average molecular weight is 223 g/mol. The van der Waals surface area contributed by atoms with Crippen molar-refractivity contribution < 1.29 is 0 Å². The van der Waals surface area contributed by atoms with Gasteiger partial charge >= 0.3 is 0 Å². The molecule has 5 heteroatoms. The third-order valence-electron chi connectivity index (χ3n) is 3.32. The van der Waals surface area contributed by atoms with E-state index in [0.717, 1.165) is 18.9 Å². The van der Waals surface area contributed by atoms with Gasteiger partial charge in [0.15, 0.2) is 5.82 Å².